The average Bonchev–Trinajstić information content (AvgIpc) is 2.87. The highest BCUT2D eigenvalue weighted by molar-refractivity contribution is 7.14. The Hall–Kier alpha value is -0.610. The minimum absolute atomic E-state index is 0.0150. The van der Waals surface area contributed by atoms with Gasteiger partial charge in [0.1, 0.15) is 5.69 Å². The predicted molar refractivity (Wildman–Crippen MR) is 72.4 cm³/mol. The van der Waals surface area contributed by atoms with E-state index in [1.54, 1.807) is 11.3 Å². The predicted octanol–water partition coefficient (Wildman–Crippen LogP) is 3.19. The third kappa shape index (κ3) is 2.99. The SMILES string of the molecule is CCC1CCN(c2nc(C(=O)CCl)cs2)CC1. The summed E-state index contributed by atoms with van der Waals surface area (Å²) in [5, 5.41) is 2.78. The van der Waals surface area contributed by atoms with E-state index in [1.165, 1.54) is 19.3 Å². The lowest BCUT2D eigenvalue weighted by Crippen LogP contribution is -2.33. The Morgan fingerprint density at radius 3 is 2.88 bits per heavy atom. The number of anilines is 1. The topological polar surface area (TPSA) is 33.2 Å². The standard InChI is InChI=1S/C12H17ClN2OS/c1-2-9-3-5-15(6-4-9)12-14-10(8-17-12)11(16)7-13/h8-9H,2-7H2,1H3. The van der Waals surface area contributed by atoms with E-state index in [9.17, 15) is 4.79 Å². The Morgan fingerprint density at radius 2 is 2.29 bits per heavy atom. The van der Waals surface area contributed by atoms with Crippen LogP contribution in [0.4, 0.5) is 5.13 Å². The van der Waals surface area contributed by atoms with Gasteiger partial charge in [-0.05, 0) is 18.8 Å². The monoisotopic (exact) mass is 272 g/mol. The molecule has 0 atom stereocenters. The van der Waals surface area contributed by atoms with Crippen LogP contribution in [0.2, 0.25) is 0 Å². The number of hydrogen-bond donors (Lipinski definition) is 0. The molecule has 0 saturated carbocycles. The molecule has 0 spiro atoms. The van der Waals surface area contributed by atoms with Crippen molar-refractivity contribution in [1.29, 1.82) is 0 Å². The maximum absolute atomic E-state index is 11.4. The van der Waals surface area contributed by atoms with Crippen LogP contribution in [-0.2, 0) is 0 Å². The fourth-order valence-electron chi connectivity index (χ4n) is 2.14. The van der Waals surface area contributed by atoms with Crippen molar-refractivity contribution in [3.63, 3.8) is 0 Å². The summed E-state index contributed by atoms with van der Waals surface area (Å²) in [5.41, 5.74) is 0.512. The Bertz CT molecular complexity index is 386. The van der Waals surface area contributed by atoms with Gasteiger partial charge in [-0.25, -0.2) is 4.98 Å². The molecule has 1 saturated heterocycles. The van der Waals surface area contributed by atoms with Gasteiger partial charge in [-0.15, -0.1) is 22.9 Å². The lowest BCUT2D eigenvalue weighted by Gasteiger charge is -2.31. The summed E-state index contributed by atoms with van der Waals surface area (Å²) in [6.07, 6.45) is 3.73. The minimum Gasteiger partial charge on any atom is -0.348 e. The van der Waals surface area contributed by atoms with Gasteiger partial charge in [0, 0.05) is 18.5 Å². The van der Waals surface area contributed by atoms with Crippen LogP contribution in [0.25, 0.3) is 0 Å². The average molecular weight is 273 g/mol. The second-order valence-corrected chi connectivity index (χ2v) is 5.51. The number of carbonyl (C=O) groups is 1. The molecule has 2 heterocycles. The molecule has 1 aliphatic heterocycles. The number of rotatable bonds is 4. The summed E-state index contributed by atoms with van der Waals surface area (Å²) in [6, 6.07) is 0. The second kappa shape index (κ2) is 5.83. The molecule has 0 unspecified atom stereocenters. The van der Waals surface area contributed by atoms with E-state index in [2.05, 4.69) is 16.8 Å². The molecule has 1 aromatic rings. The van der Waals surface area contributed by atoms with Crippen LogP contribution >= 0.6 is 22.9 Å². The Kier molecular flexibility index (Phi) is 4.40. The molecule has 1 aliphatic rings. The molecular formula is C12H17ClN2OS. The van der Waals surface area contributed by atoms with Gasteiger partial charge >= 0.3 is 0 Å². The maximum atomic E-state index is 11.4. The fraction of sp³-hybridized carbons (Fsp3) is 0.667. The summed E-state index contributed by atoms with van der Waals surface area (Å²) in [4.78, 5) is 18.0. The van der Waals surface area contributed by atoms with Crippen molar-refractivity contribution in [3.8, 4) is 0 Å². The van der Waals surface area contributed by atoms with Gasteiger partial charge in [-0.2, -0.15) is 0 Å². The number of Topliss-reactive ketones (excluding diaryl/α,β-unsaturated/α-hetero) is 1. The smallest absolute Gasteiger partial charge is 0.196 e. The van der Waals surface area contributed by atoms with Crippen molar-refractivity contribution in [2.75, 3.05) is 23.9 Å². The van der Waals surface area contributed by atoms with Gasteiger partial charge in [-0.1, -0.05) is 13.3 Å². The molecule has 17 heavy (non-hydrogen) atoms. The van der Waals surface area contributed by atoms with E-state index < -0.39 is 0 Å². The number of ketones is 1. The summed E-state index contributed by atoms with van der Waals surface area (Å²) < 4.78 is 0. The van der Waals surface area contributed by atoms with Crippen molar-refractivity contribution in [1.82, 2.24) is 4.98 Å². The van der Waals surface area contributed by atoms with Crippen LogP contribution in [0.5, 0.6) is 0 Å². The Balaban J connectivity index is 1.99. The van der Waals surface area contributed by atoms with Crippen molar-refractivity contribution in [2.24, 2.45) is 5.92 Å². The number of piperidine rings is 1. The first-order chi connectivity index (χ1) is 8.24. The number of carbonyl (C=O) groups excluding carboxylic acids is 1. The molecular weight excluding hydrogens is 256 g/mol. The third-order valence-corrected chi connectivity index (χ3v) is 4.51. The number of alkyl halides is 1. The van der Waals surface area contributed by atoms with Crippen LogP contribution in [0.15, 0.2) is 5.38 Å². The number of nitrogens with zero attached hydrogens (tertiary/aromatic N) is 2. The number of aromatic nitrogens is 1. The minimum atomic E-state index is -0.0855. The van der Waals surface area contributed by atoms with Crippen molar-refractivity contribution < 1.29 is 4.79 Å². The zero-order chi connectivity index (χ0) is 12.3. The highest BCUT2D eigenvalue weighted by Crippen LogP contribution is 2.27. The van der Waals surface area contributed by atoms with E-state index in [1.807, 2.05) is 5.38 Å². The van der Waals surface area contributed by atoms with E-state index in [-0.39, 0.29) is 11.7 Å². The lowest BCUT2D eigenvalue weighted by atomic mass is 9.95. The number of halogens is 1. The fourth-order valence-corrected chi connectivity index (χ4v) is 3.16. The maximum Gasteiger partial charge on any atom is 0.196 e. The molecule has 0 aromatic carbocycles. The molecule has 0 aliphatic carbocycles. The van der Waals surface area contributed by atoms with Crippen LogP contribution in [0, 0.1) is 5.92 Å². The summed E-state index contributed by atoms with van der Waals surface area (Å²) in [7, 11) is 0. The number of hydrogen-bond acceptors (Lipinski definition) is 4. The Morgan fingerprint density at radius 1 is 1.59 bits per heavy atom. The molecule has 3 nitrogen and oxygen atoms in total. The van der Waals surface area contributed by atoms with E-state index in [0.717, 1.165) is 24.1 Å². The lowest BCUT2D eigenvalue weighted by molar-refractivity contribution is 0.101. The first-order valence-corrected chi connectivity index (χ1v) is 7.45. The number of thiazole rings is 1. The summed E-state index contributed by atoms with van der Waals surface area (Å²) in [6.45, 7) is 4.36. The second-order valence-electron chi connectivity index (χ2n) is 4.41. The quantitative estimate of drug-likeness (QED) is 0.623. The molecule has 2 rings (SSSR count). The largest absolute Gasteiger partial charge is 0.348 e. The van der Waals surface area contributed by atoms with Crippen molar-refractivity contribution in [2.45, 2.75) is 26.2 Å². The molecule has 0 radical (unpaired) electrons. The normalized spacial score (nSPS) is 17.4. The van der Waals surface area contributed by atoms with Gasteiger partial charge in [0.2, 0.25) is 0 Å². The van der Waals surface area contributed by atoms with E-state index in [4.69, 9.17) is 11.6 Å². The van der Waals surface area contributed by atoms with E-state index in [0.29, 0.717) is 5.69 Å². The molecule has 5 heteroatoms. The molecule has 1 aromatic heterocycles. The van der Waals surface area contributed by atoms with Crippen LogP contribution in [0.3, 0.4) is 0 Å². The van der Waals surface area contributed by atoms with Gasteiger partial charge in [0.05, 0.1) is 5.88 Å². The van der Waals surface area contributed by atoms with E-state index >= 15 is 0 Å². The van der Waals surface area contributed by atoms with Gasteiger partial charge < -0.3 is 4.90 Å². The molecule has 0 N–H and O–H groups in total. The van der Waals surface area contributed by atoms with Gasteiger partial charge in [-0.3, -0.25) is 4.79 Å². The van der Waals surface area contributed by atoms with Gasteiger partial charge in [0.15, 0.2) is 10.9 Å². The zero-order valence-corrected chi connectivity index (χ0v) is 11.6. The van der Waals surface area contributed by atoms with Crippen molar-refractivity contribution >= 4 is 33.9 Å². The zero-order valence-electron chi connectivity index (χ0n) is 9.99. The first kappa shape index (κ1) is 12.8. The highest BCUT2D eigenvalue weighted by atomic mass is 35.5. The van der Waals surface area contributed by atoms with Crippen LogP contribution in [-0.4, -0.2) is 29.7 Å². The van der Waals surface area contributed by atoms with Crippen LogP contribution < -0.4 is 4.90 Å². The van der Waals surface area contributed by atoms with Crippen LogP contribution in [0.1, 0.15) is 36.7 Å². The molecule has 0 bridgehead atoms. The summed E-state index contributed by atoms with van der Waals surface area (Å²) in [5.74, 6) is 0.786. The first-order valence-electron chi connectivity index (χ1n) is 6.04. The third-order valence-electron chi connectivity index (χ3n) is 3.36. The molecule has 0 amide bonds. The Labute approximate surface area is 111 Å². The van der Waals surface area contributed by atoms with Gasteiger partial charge in [0.25, 0.3) is 0 Å². The van der Waals surface area contributed by atoms with Crippen molar-refractivity contribution in [3.05, 3.63) is 11.1 Å². The molecule has 94 valence electrons. The molecule has 1 fully saturated rings. The summed E-state index contributed by atoms with van der Waals surface area (Å²) >= 11 is 7.06. The highest BCUT2D eigenvalue weighted by Gasteiger charge is 2.20.